The van der Waals surface area contributed by atoms with Crippen LogP contribution in [-0.2, 0) is 4.79 Å². The Morgan fingerprint density at radius 2 is 2.00 bits per heavy atom. The highest BCUT2D eigenvalue weighted by molar-refractivity contribution is 5.76. The van der Waals surface area contributed by atoms with E-state index in [4.69, 9.17) is 10.8 Å². The van der Waals surface area contributed by atoms with Gasteiger partial charge in [0.1, 0.15) is 0 Å². The fourth-order valence-corrected chi connectivity index (χ4v) is 1.13. The molecule has 0 fully saturated rings. The van der Waals surface area contributed by atoms with Gasteiger partial charge in [-0.2, -0.15) is 0 Å². The first-order valence-electron chi connectivity index (χ1n) is 4.63. The van der Waals surface area contributed by atoms with Crippen LogP contribution in [0.4, 0.5) is 0 Å². The molecule has 0 aliphatic carbocycles. The van der Waals surface area contributed by atoms with Crippen LogP contribution in [0.25, 0.3) is 0 Å². The van der Waals surface area contributed by atoms with Crippen LogP contribution < -0.4 is 5.73 Å². The Labute approximate surface area is 79.7 Å². The van der Waals surface area contributed by atoms with Gasteiger partial charge in [0.2, 0.25) is 5.91 Å². The van der Waals surface area contributed by atoms with Crippen LogP contribution in [0.2, 0.25) is 0 Å². The average molecular weight is 188 g/mol. The van der Waals surface area contributed by atoms with Crippen molar-refractivity contribution in [3.8, 4) is 0 Å². The van der Waals surface area contributed by atoms with Crippen molar-refractivity contribution in [2.24, 2.45) is 11.7 Å². The summed E-state index contributed by atoms with van der Waals surface area (Å²) >= 11 is 0. The van der Waals surface area contributed by atoms with Crippen LogP contribution in [-0.4, -0.2) is 41.7 Å². The maximum atomic E-state index is 10.8. The van der Waals surface area contributed by atoms with E-state index < -0.39 is 0 Å². The maximum Gasteiger partial charge on any atom is 0.221 e. The third-order valence-electron chi connectivity index (χ3n) is 2.11. The number of aliphatic hydroxyl groups excluding tert-OH is 1. The zero-order valence-corrected chi connectivity index (χ0v) is 8.66. The Kier molecular flexibility index (Phi) is 5.66. The lowest BCUT2D eigenvalue weighted by molar-refractivity contribution is -0.122. The lowest BCUT2D eigenvalue weighted by Gasteiger charge is -2.27. The third-order valence-corrected chi connectivity index (χ3v) is 2.11. The summed E-state index contributed by atoms with van der Waals surface area (Å²) in [6.07, 6.45) is 0. The SMILES string of the molecule is CC(CN(CCO)C(C)C)C(N)=O. The smallest absolute Gasteiger partial charge is 0.221 e. The van der Waals surface area contributed by atoms with Crippen molar-refractivity contribution in [1.82, 2.24) is 4.90 Å². The second-order valence-corrected chi connectivity index (χ2v) is 3.62. The minimum Gasteiger partial charge on any atom is -0.395 e. The first-order chi connectivity index (χ1) is 5.99. The van der Waals surface area contributed by atoms with Crippen molar-refractivity contribution in [1.29, 1.82) is 0 Å². The molecule has 3 N–H and O–H groups in total. The molecule has 1 atom stereocenters. The largest absolute Gasteiger partial charge is 0.395 e. The topological polar surface area (TPSA) is 66.6 Å². The molecule has 13 heavy (non-hydrogen) atoms. The molecule has 4 heteroatoms. The van der Waals surface area contributed by atoms with Gasteiger partial charge in [0.05, 0.1) is 6.61 Å². The van der Waals surface area contributed by atoms with Crippen LogP contribution in [0.1, 0.15) is 20.8 Å². The van der Waals surface area contributed by atoms with E-state index in [-0.39, 0.29) is 18.4 Å². The second kappa shape index (κ2) is 5.94. The van der Waals surface area contributed by atoms with Crippen LogP contribution in [0.3, 0.4) is 0 Å². The lowest BCUT2D eigenvalue weighted by Crippen LogP contribution is -2.40. The molecule has 78 valence electrons. The molecule has 0 bridgehead atoms. The standard InChI is InChI=1S/C9H20N2O2/c1-7(2)11(4-5-12)6-8(3)9(10)13/h7-8,12H,4-6H2,1-3H3,(H2,10,13). The van der Waals surface area contributed by atoms with Gasteiger partial charge >= 0.3 is 0 Å². The highest BCUT2D eigenvalue weighted by atomic mass is 16.3. The fourth-order valence-electron chi connectivity index (χ4n) is 1.13. The molecule has 4 nitrogen and oxygen atoms in total. The molecule has 0 rings (SSSR count). The summed E-state index contributed by atoms with van der Waals surface area (Å²) in [4.78, 5) is 12.8. The lowest BCUT2D eigenvalue weighted by atomic mass is 10.1. The van der Waals surface area contributed by atoms with E-state index in [0.717, 1.165) is 0 Å². The highest BCUT2D eigenvalue weighted by Crippen LogP contribution is 2.03. The number of rotatable bonds is 6. The number of amides is 1. The second-order valence-electron chi connectivity index (χ2n) is 3.62. The van der Waals surface area contributed by atoms with Gasteiger partial charge in [0, 0.05) is 25.0 Å². The summed E-state index contributed by atoms with van der Waals surface area (Å²) in [6, 6.07) is 0.328. The monoisotopic (exact) mass is 188 g/mol. The van der Waals surface area contributed by atoms with Gasteiger partial charge in [-0.25, -0.2) is 0 Å². The average Bonchev–Trinajstić information content (AvgIpc) is 2.03. The number of carbonyl (C=O) groups is 1. The van der Waals surface area contributed by atoms with Crippen LogP contribution in [0, 0.1) is 5.92 Å². The Balaban J connectivity index is 4.01. The molecular formula is C9H20N2O2. The van der Waals surface area contributed by atoms with Crippen molar-refractivity contribution >= 4 is 5.91 Å². The maximum absolute atomic E-state index is 10.8. The van der Waals surface area contributed by atoms with Gasteiger partial charge in [-0.15, -0.1) is 0 Å². The summed E-state index contributed by atoms with van der Waals surface area (Å²) in [7, 11) is 0. The molecule has 0 aliphatic heterocycles. The zero-order chi connectivity index (χ0) is 10.4. The van der Waals surface area contributed by atoms with Gasteiger partial charge in [-0.1, -0.05) is 6.92 Å². The van der Waals surface area contributed by atoms with Gasteiger partial charge in [-0.05, 0) is 13.8 Å². The molecule has 0 aromatic heterocycles. The Morgan fingerprint density at radius 3 is 2.31 bits per heavy atom. The van der Waals surface area contributed by atoms with E-state index in [9.17, 15) is 4.79 Å². The normalized spacial score (nSPS) is 13.7. The fraction of sp³-hybridized carbons (Fsp3) is 0.889. The number of primary amides is 1. The molecular weight excluding hydrogens is 168 g/mol. The van der Waals surface area contributed by atoms with E-state index in [0.29, 0.717) is 19.1 Å². The van der Waals surface area contributed by atoms with E-state index in [1.165, 1.54) is 0 Å². The minimum absolute atomic E-state index is 0.115. The predicted octanol–water partition coefficient (Wildman–Crippen LogP) is -0.189. The Morgan fingerprint density at radius 1 is 1.46 bits per heavy atom. The number of hydrogen-bond donors (Lipinski definition) is 2. The summed E-state index contributed by atoms with van der Waals surface area (Å²) in [5, 5.41) is 8.78. The van der Waals surface area contributed by atoms with E-state index >= 15 is 0 Å². The van der Waals surface area contributed by atoms with Crippen molar-refractivity contribution in [2.45, 2.75) is 26.8 Å². The van der Waals surface area contributed by atoms with Crippen LogP contribution >= 0.6 is 0 Å². The quantitative estimate of drug-likeness (QED) is 0.607. The number of carbonyl (C=O) groups excluding carboxylic acids is 1. The number of nitrogens with two attached hydrogens (primary N) is 1. The Bertz CT molecular complexity index is 160. The molecule has 0 radical (unpaired) electrons. The molecule has 1 unspecified atom stereocenters. The van der Waals surface area contributed by atoms with Crippen molar-refractivity contribution < 1.29 is 9.90 Å². The molecule has 0 aromatic rings. The molecule has 0 heterocycles. The molecule has 0 aromatic carbocycles. The number of nitrogens with zero attached hydrogens (tertiary/aromatic N) is 1. The first kappa shape index (κ1) is 12.4. The molecule has 0 spiro atoms. The third kappa shape index (κ3) is 4.85. The predicted molar refractivity (Wildman–Crippen MR) is 52.2 cm³/mol. The van der Waals surface area contributed by atoms with E-state index in [1.54, 1.807) is 6.92 Å². The summed E-state index contributed by atoms with van der Waals surface area (Å²) in [6.45, 7) is 7.19. The summed E-state index contributed by atoms with van der Waals surface area (Å²) in [5.41, 5.74) is 5.15. The molecule has 0 saturated heterocycles. The number of hydrogen-bond acceptors (Lipinski definition) is 3. The summed E-state index contributed by atoms with van der Waals surface area (Å²) in [5.74, 6) is -0.447. The summed E-state index contributed by atoms with van der Waals surface area (Å²) < 4.78 is 0. The van der Waals surface area contributed by atoms with E-state index in [1.807, 2.05) is 18.7 Å². The van der Waals surface area contributed by atoms with Gasteiger partial charge in [0.25, 0.3) is 0 Å². The minimum atomic E-state index is -0.288. The van der Waals surface area contributed by atoms with Gasteiger partial charge in [0.15, 0.2) is 0 Å². The molecule has 0 saturated carbocycles. The van der Waals surface area contributed by atoms with Gasteiger partial charge in [-0.3, -0.25) is 9.69 Å². The molecule has 0 aliphatic rings. The zero-order valence-electron chi connectivity index (χ0n) is 8.66. The van der Waals surface area contributed by atoms with Crippen molar-refractivity contribution in [2.75, 3.05) is 19.7 Å². The Hall–Kier alpha value is -0.610. The number of aliphatic hydroxyl groups is 1. The van der Waals surface area contributed by atoms with Crippen molar-refractivity contribution in [3.63, 3.8) is 0 Å². The van der Waals surface area contributed by atoms with Crippen molar-refractivity contribution in [3.05, 3.63) is 0 Å². The van der Waals surface area contributed by atoms with E-state index in [2.05, 4.69) is 0 Å². The molecule has 1 amide bonds. The highest BCUT2D eigenvalue weighted by Gasteiger charge is 2.16. The van der Waals surface area contributed by atoms with Crippen LogP contribution in [0.15, 0.2) is 0 Å². The first-order valence-corrected chi connectivity index (χ1v) is 4.63. The van der Waals surface area contributed by atoms with Gasteiger partial charge < -0.3 is 10.8 Å². The van der Waals surface area contributed by atoms with Crippen LogP contribution in [0.5, 0.6) is 0 Å².